The van der Waals surface area contributed by atoms with Crippen molar-refractivity contribution in [3.63, 3.8) is 0 Å². The van der Waals surface area contributed by atoms with Gasteiger partial charge in [-0.15, -0.1) is 0 Å². The lowest BCUT2D eigenvalue weighted by molar-refractivity contribution is -0.139. The van der Waals surface area contributed by atoms with Gasteiger partial charge in [0.15, 0.2) is 0 Å². The van der Waals surface area contributed by atoms with E-state index < -0.39 is 25.0 Å². The van der Waals surface area contributed by atoms with Crippen molar-refractivity contribution < 1.29 is 28.0 Å². The lowest BCUT2D eigenvalue weighted by Crippen LogP contribution is -2.31. The van der Waals surface area contributed by atoms with Crippen LogP contribution in [0.15, 0.2) is 18.2 Å². The average Bonchev–Trinajstić information content (AvgIpc) is 2.15. The van der Waals surface area contributed by atoms with Crippen molar-refractivity contribution in [3.8, 4) is 5.75 Å². The number of hydrogen-bond acceptors (Lipinski definition) is 3. The van der Waals surface area contributed by atoms with Gasteiger partial charge in [0.05, 0.1) is 11.7 Å². The standard InChI is InChI=1S/C10H12BF3O3/c1-6(2)17-9-4-3-7(11(15)16)5-8(9)10(12,13)14/h3-6,15-16H,1-2H3. The number of rotatable bonds is 3. The third-order valence-electron chi connectivity index (χ3n) is 1.97. The smallest absolute Gasteiger partial charge is 0.488 e. The number of ether oxygens (including phenoxy) is 1. The maximum atomic E-state index is 12.7. The van der Waals surface area contributed by atoms with Gasteiger partial charge in [-0.3, -0.25) is 0 Å². The van der Waals surface area contributed by atoms with Gasteiger partial charge < -0.3 is 14.8 Å². The molecule has 0 saturated heterocycles. The van der Waals surface area contributed by atoms with Crippen LogP contribution in [0.25, 0.3) is 0 Å². The molecule has 1 aromatic carbocycles. The SMILES string of the molecule is CC(C)Oc1ccc(B(O)O)cc1C(F)(F)F. The molecule has 0 bridgehead atoms. The third kappa shape index (κ3) is 3.64. The minimum atomic E-state index is -4.60. The van der Waals surface area contributed by atoms with Gasteiger partial charge in [0.2, 0.25) is 0 Å². The van der Waals surface area contributed by atoms with Crippen LogP contribution in [0.5, 0.6) is 5.75 Å². The number of halogens is 3. The Morgan fingerprint density at radius 3 is 2.24 bits per heavy atom. The summed E-state index contributed by atoms with van der Waals surface area (Å²) >= 11 is 0. The summed E-state index contributed by atoms with van der Waals surface area (Å²) in [5, 5.41) is 17.7. The lowest BCUT2D eigenvalue weighted by atomic mass is 9.79. The van der Waals surface area contributed by atoms with E-state index in [0.717, 1.165) is 6.07 Å². The fourth-order valence-corrected chi connectivity index (χ4v) is 1.29. The van der Waals surface area contributed by atoms with Gasteiger partial charge in [-0.05, 0) is 31.4 Å². The molecule has 0 amide bonds. The van der Waals surface area contributed by atoms with Crippen molar-refractivity contribution in [2.75, 3.05) is 0 Å². The van der Waals surface area contributed by atoms with E-state index in [4.69, 9.17) is 14.8 Å². The zero-order valence-electron chi connectivity index (χ0n) is 9.32. The largest absolute Gasteiger partial charge is 0.490 e. The highest BCUT2D eigenvalue weighted by atomic mass is 19.4. The second kappa shape index (κ2) is 4.97. The van der Waals surface area contributed by atoms with Crippen molar-refractivity contribution in [3.05, 3.63) is 23.8 Å². The van der Waals surface area contributed by atoms with E-state index >= 15 is 0 Å². The molecule has 0 heterocycles. The first-order chi connectivity index (χ1) is 7.71. The molecule has 94 valence electrons. The molecule has 3 nitrogen and oxygen atoms in total. The summed E-state index contributed by atoms with van der Waals surface area (Å²) in [5.41, 5.74) is -1.25. The van der Waals surface area contributed by atoms with Crippen LogP contribution in [0.1, 0.15) is 19.4 Å². The van der Waals surface area contributed by atoms with E-state index in [0.29, 0.717) is 6.07 Å². The molecule has 0 aromatic heterocycles. The molecule has 0 spiro atoms. The summed E-state index contributed by atoms with van der Waals surface area (Å²) in [6.07, 6.45) is -5.00. The van der Waals surface area contributed by atoms with E-state index in [2.05, 4.69) is 0 Å². The molecule has 1 rings (SSSR count). The molecule has 0 aliphatic carbocycles. The Labute approximate surface area is 97.0 Å². The lowest BCUT2D eigenvalue weighted by Gasteiger charge is -2.17. The summed E-state index contributed by atoms with van der Waals surface area (Å²) in [6, 6.07) is 2.93. The van der Waals surface area contributed by atoms with Gasteiger partial charge in [0.25, 0.3) is 0 Å². The van der Waals surface area contributed by atoms with Gasteiger partial charge in [-0.25, -0.2) is 0 Å². The number of alkyl halides is 3. The summed E-state index contributed by atoms with van der Waals surface area (Å²) in [5.74, 6) is -0.322. The van der Waals surface area contributed by atoms with Gasteiger partial charge in [0.1, 0.15) is 5.75 Å². The first-order valence-corrected chi connectivity index (χ1v) is 4.95. The van der Waals surface area contributed by atoms with Crippen LogP contribution in [0, 0.1) is 0 Å². The minimum absolute atomic E-state index is 0.228. The van der Waals surface area contributed by atoms with Gasteiger partial charge in [-0.2, -0.15) is 13.2 Å². The maximum Gasteiger partial charge on any atom is 0.488 e. The second-order valence-electron chi connectivity index (χ2n) is 3.79. The topological polar surface area (TPSA) is 49.7 Å². The van der Waals surface area contributed by atoms with Crippen molar-refractivity contribution >= 4 is 12.6 Å². The Morgan fingerprint density at radius 1 is 1.24 bits per heavy atom. The molecule has 0 saturated carbocycles. The molecule has 1 aromatic rings. The highest BCUT2D eigenvalue weighted by molar-refractivity contribution is 6.58. The predicted molar refractivity (Wildman–Crippen MR) is 57.0 cm³/mol. The second-order valence-corrected chi connectivity index (χ2v) is 3.79. The quantitative estimate of drug-likeness (QED) is 0.789. The first kappa shape index (κ1) is 13.9. The molecular formula is C10H12BF3O3. The summed E-state index contributed by atoms with van der Waals surface area (Å²) in [7, 11) is -1.94. The van der Waals surface area contributed by atoms with Crippen LogP contribution in [0.3, 0.4) is 0 Å². The Morgan fingerprint density at radius 2 is 1.82 bits per heavy atom. The Kier molecular flexibility index (Phi) is 4.05. The molecule has 0 unspecified atom stereocenters. The molecule has 2 N–H and O–H groups in total. The summed E-state index contributed by atoms with van der Waals surface area (Å²) in [4.78, 5) is 0. The normalized spacial score (nSPS) is 11.8. The first-order valence-electron chi connectivity index (χ1n) is 4.95. The Balaban J connectivity index is 3.22. The molecule has 0 aliphatic heterocycles. The maximum absolute atomic E-state index is 12.7. The van der Waals surface area contributed by atoms with Gasteiger partial charge in [-0.1, -0.05) is 6.07 Å². The monoisotopic (exact) mass is 248 g/mol. The van der Waals surface area contributed by atoms with E-state index in [1.165, 1.54) is 6.07 Å². The van der Waals surface area contributed by atoms with Crippen LogP contribution in [0.4, 0.5) is 13.2 Å². The number of hydrogen-bond donors (Lipinski definition) is 2. The van der Waals surface area contributed by atoms with Crippen molar-refractivity contribution in [1.82, 2.24) is 0 Å². The van der Waals surface area contributed by atoms with Crippen molar-refractivity contribution in [2.45, 2.75) is 26.1 Å². The van der Waals surface area contributed by atoms with E-state index in [-0.39, 0.29) is 11.2 Å². The Bertz CT molecular complexity index is 391. The zero-order valence-corrected chi connectivity index (χ0v) is 9.32. The minimum Gasteiger partial charge on any atom is -0.490 e. The van der Waals surface area contributed by atoms with E-state index in [1.54, 1.807) is 13.8 Å². The zero-order chi connectivity index (χ0) is 13.2. The van der Waals surface area contributed by atoms with Crippen LogP contribution >= 0.6 is 0 Å². The predicted octanol–water partition coefficient (Wildman–Crippen LogP) is 1.17. The fraction of sp³-hybridized carbons (Fsp3) is 0.400. The summed E-state index contributed by atoms with van der Waals surface area (Å²) in [6.45, 7) is 3.21. The highest BCUT2D eigenvalue weighted by Crippen LogP contribution is 2.35. The highest BCUT2D eigenvalue weighted by Gasteiger charge is 2.35. The molecule has 7 heteroatoms. The fourth-order valence-electron chi connectivity index (χ4n) is 1.29. The molecular weight excluding hydrogens is 236 g/mol. The molecule has 0 radical (unpaired) electrons. The van der Waals surface area contributed by atoms with E-state index in [9.17, 15) is 13.2 Å². The Hall–Kier alpha value is -1.21. The van der Waals surface area contributed by atoms with Gasteiger partial charge >= 0.3 is 13.3 Å². The van der Waals surface area contributed by atoms with Crippen LogP contribution < -0.4 is 10.2 Å². The molecule has 0 fully saturated rings. The molecule has 0 atom stereocenters. The third-order valence-corrected chi connectivity index (χ3v) is 1.97. The number of benzene rings is 1. The summed E-state index contributed by atoms with van der Waals surface area (Å²) < 4.78 is 43.1. The van der Waals surface area contributed by atoms with Gasteiger partial charge in [0, 0.05) is 0 Å². The van der Waals surface area contributed by atoms with Crippen molar-refractivity contribution in [2.24, 2.45) is 0 Å². The average molecular weight is 248 g/mol. The molecule has 0 aliphatic rings. The molecule has 17 heavy (non-hydrogen) atoms. The van der Waals surface area contributed by atoms with Crippen LogP contribution in [-0.2, 0) is 6.18 Å². The van der Waals surface area contributed by atoms with Crippen molar-refractivity contribution in [1.29, 1.82) is 0 Å². The van der Waals surface area contributed by atoms with Crippen LogP contribution in [-0.4, -0.2) is 23.3 Å². The van der Waals surface area contributed by atoms with Crippen LogP contribution in [0.2, 0.25) is 0 Å². The van der Waals surface area contributed by atoms with E-state index in [1.807, 2.05) is 0 Å².